The van der Waals surface area contributed by atoms with Gasteiger partial charge in [0.2, 0.25) is 0 Å². The molecule has 0 heterocycles. The van der Waals surface area contributed by atoms with Gasteiger partial charge in [-0.15, -0.1) is 0 Å². The molecule has 0 radical (unpaired) electrons. The highest BCUT2D eigenvalue weighted by Crippen LogP contribution is 2.59. The van der Waals surface area contributed by atoms with Crippen LogP contribution in [0.5, 0.6) is 0 Å². The van der Waals surface area contributed by atoms with E-state index in [4.69, 9.17) is 0 Å². The van der Waals surface area contributed by atoms with Crippen molar-refractivity contribution < 1.29 is 0 Å². The van der Waals surface area contributed by atoms with Crippen molar-refractivity contribution in [3.05, 3.63) is 228 Å². The summed E-state index contributed by atoms with van der Waals surface area (Å²) in [5.41, 5.74) is 19.1. The fourth-order valence-electron chi connectivity index (χ4n) is 7.90. The zero-order chi connectivity index (χ0) is 37.8. The van der Waals surface area contributed by atoms with E-state index >= 15 is 0 Å². The molecular weight excluding hydrogens is 677 g/mol. The molecule has 0 saturated carbocycles. The number of aryl methyl sites for hydroxylation is 2. The van der Waals surface area contributed by atoms with Crippen LogP contribution in [0.2, 0.25) is 0 Å². The number of fused-ring (bicyclic) bond motifs is 4. The molecule has 0 aliphatic heterocycles. The molecule has 0 spiro atoms. The van der Waals surface area contributed by atoms with Crippen LogP contribution in [-0.4, -0.2) is 0 Å². The molecule has 1 aliphatic carbocycles. The van der Waals surface area contributed by atoms with Crippen molar-refractivity contribution in [3.8, 4) is 22.3 Å². The highest BCUT2D eigenvalue weighted by molar-refractivity contribution is 6.15. The Labute approximate surface area is 330 Å². The van der Waals surface area contributed by atoms with Gasteiger partial charge in [-0.25, -0.2) is 0 Å². The van der Waals surface area contributed by atoms with E-state index in [1.54, 1.807) is 0 Å². The maximum atomic E-state index is 2.44. The molecule has 0 N–H and O–H groups in total. The molecule has 0 saturated heterocycles. The maximum absolute atomic E-state index is 2.44. The summed E-state index contributed by atoms with van der Waals surface area (Å²) < 4.78 is 0. The highest BCUT2D eigenvalue weighted by Gasteiger charge is 2.34. The van der Waals surface area contributed by atoms with Crippen LogP contribution < -0.4 is 9.80 Å². The summed E-state index contributed by atoms with van der Waals surface area (Å²) in [7, 11) is 0. The number of hydrogen-bond donors (Lipinski definition) is 0. The number of para-hydroxylation sites is 2. The van der Waals surface area contributed by atoms with Crippen LogP contribution in [0.15, 0.2) is 194 Å². The Morgan fingerprint density at radius 1 is 0.304 bits per heavy atom. The monoisotopic (exact) mass is 718 g/mol. The topological polar surface area (TPSA) is 6.48 Å². The van der Waals surface area contributed by atoms with Gasteiger partial charge in [-0.1, -0.05) is 158 Å². The Morgan fingerprint density at radius 3 is 1.00 bits per heavy atom. The molecule has 8 aromatic rings. The van der Waals surface area contributed by atoms with Crippen molar-refractivity contribution in [3.63, 3.8) is 0 Å². The van der Waals surface area contributed by atoms with Gasteiger partial charge in [-0.05, 0) is 119 Å². The SMILES string of the molecule is Cc1cc(C=Cc2ccccc2)ccc1N(c1ccccc1)c1ccc(N(c2ccccc2)c2ccc(C=Cc3ccccc3)cc2C)c2c1-c1ccccc1-2. The van der Waals surface area contributed by atoms with Gasteiger partial charge >= 0.3 is 0 Å². The Balaban J connectivity index is 1.17. The lowest BCUT2D eigenvalue weighted by atomic mass is 9.77. The third-order valence-electron chi connectivity index (χ3n) is 10.6. The lowest BCUT2D eigenvalue weighted by molar-refractivity contribution is 1.22. The van der Waals surface area contributed by atoms with Gasteiger partial charge in [0.15, 0.2) is 0 Å². The van der Waals surface area contributed by atoms with Gasteiger partial charge in [0.05, 0.1) is 11.4 Å². The number of hydrogen-bond acceptors (Lipinski definition) is 2. The predicted octanol–water partition coefficient (Wildman–Crippen LogP) is 15.2. The summed E-state index contributed by atoms with van der Waals surface area (Å²) in [6, 6.07) is 69.5. The summed E-state index contributed by atoms with van der Waals surface area (Å²) >= 11 is 0. The first-order valence-electron chi connectivity index (χ1n) is 19.3. The molecule has 0 fully saturated rings. The maximum Gasteiger partial charge on any atom is 0.0548 e. The van der Waals surface area contributed by atoms with Crippen LogP contribution >= 0.6 is 0 Å². The lowest BCUT2D eigenvalue weighted by Crippen LogP contribution is -2.18. The summed E-state index contributed by atoms with van der Waals surface area (Å²) in [5.74, 6) is 0. The van der Waals surface area contributed by atoms with Gasteiger partial charge in [0.25, 0.3) is 0 Å². The smallest absolute Gasteiger partial charge is 0.0548 e. The molecule has 0 unspecified atom stereocenters. The quantitative estimate of drug-likeness (QED) is 0.130. The minimum atomic E-state index is 1.12. The molecule has 0 aromatic heterocycles. The summed E-state index contributed by atoms with van der Waals surface area (Å²) in [4.78, 5) is 4.87. The first-order valence-corrected chi connectivity index (χ1v) is 19.3. The molecule has 2 nitrogen and oxygen atoms in total. The molecule has 9 rings (SSSR count). The summed E-state index contributed by atoms with van der Waals surface area (Å²) in [6.07, 6.45) is 8.75. The van der Waals surface area contributed by atoms with Crippen LogP contribution in [0.4, 0.5) is 34.1 Å². The second kappa shape index (κ2) is 15.3. The molecular formula is C54H42N2. The minimum absolute atomic E-state index is 1.12. The number of benzene rings is 8. The van der Waals surface area contributed by atoms with E-state index in [0.717, 1.165) is 34.1 Å². The van der Waals surface area contributed by atoms with Gasteiger partial charge < -0.3 is 9.80 Å². The normalized spacial score (nSPS) is 11.6. The van der Waals surface area contributed by atoms with Crippen LogP contribution in [0.1, 0.15) is 33.4 Å². The second-order valence-electron chi connectivity index (χ2n) is 14.3. The molecule has 8 aromatic carbocycles. The Morgan fingerprint density at radius 2 is 0.625 bits per heavy atom. The van der Waals surface area contributed by atoms with E-state index in [-0.39, 0.29) is 0 Å². The molecule has 2 heteroatoms. The predicted molar refractivity (Wildman–Crippen MR) is 240 cm³/mol. The molecule has 0 atom stereocenters. The van der Waals surface area contributed by atoms with E-state index < -0.39 is 0 Å². The van der Waals surface area contributed by atoms with E-state index in [0.29, 0.717) is 0 Å². The average Bonchev–Trinajstić information content (AvgIpc) is 3.24. The van der Waals surface area contributed by atoms with Gasteiger partial charge in [-0.3, -0.25) is 0 Å². The number of anilines is 6. The standard InChI is InChI=1S/C54H42N2/c1-39-37-43(29-27-41-17-7-3-8-18-41)31-33-49(39)55(45-21-11-5-12-22-45)51-35-36-52(54-48-26-16-15-25-47(48)53(51)54)56(46-23-13-6-14-24-46)50-34-32-44(38-40(50)2)30-28-42-19-9-4-10-20-42/h3-38H,1-2H3. The minimum Gasteiger partial charge on any atom is -0.310 e. The van der Waals surface area contributed by atoms with E-state index in [1.807, 2.05) is 0 Å². The molecule has 0 bridgehead atoms. The van der Waals surface area contributed by atoms with Crippen molar-refractivity contribution in [2.75, 3.05) is 9.80 Å². The van der Waals surface area contributed by atoms with E-state index in [1.165, 1.54) is 55.6 Å². The lowest BCUT2D eigenvalue weighted by Gasteiger charge is -2.38. The highest BCUT2D eigenvalue weighted by atomic mass is 15.2. The van der Waals surface area contributed by atoms with Crippen molar-refractivity contribution in [2.24, 2.45) is 0 Å². The van der Waals surface area contributed by atoms with Crippen LogP contribution in [0.3, 0.4) is 0 Å². The van der Waals surface area contributed by atoms with Crippen LogP contribution in [-0.2, 0) is 0 Å². The Kier molecular flexibility index (Phi) is 9.45. The summed E-state index contributed by atoms with van der Waals surface area (Å²) in [5, 5.41) is 0. The van der Waals surface area contributed by atoms with Gasteiger partial charge in [-0.2, -0.15) is 0 Å². The van der Waals surface area contributed by atoms with Crippen LogP contribution in [0, 0.1) is 13.8 Å². The van der Waals surface area contributed by atoms with Gasteiger partial charge in [0, 0.05) is 33.9 Å². The van der Waals surface area contributed by atoms with Crippen molar-refractivity contribution in [1.82, 2.24) is 0 Å². The van der Waals surface area contributed by atoms with E-state index in [2.05, 4.69) is 242 Å². The number of nitrogens with zero attached hydrogens (tertiary/aromatic N) is 2. The van der Waals surface area contributed by atoms with Crippen molar-refractivity contribution in [1.29, 1.82) is 0 Å². The summed E-state index contributed by atoms with van der Waals surface area (Å²) in [6.45, 7) is 4.44. The van der Waals surface area contributed by atoms with Gasteiger partial charge in [0.1, 0.15) is 0 Å². The first-order chi connectivity index (χ1) is 27.6. The van der Waals surface area contributed by atoms with E-state index in [9.17, 15) is 0 Å². The molecule has 1 aliphatic rings. The second-order valence-corrected chi connectivity index (χ2v) is 14.3. The third-order valence-corrected chi connectivity index (χ3v) is 10.6. The first kappa shape index (κ1) is 34.6. The zero-order valence-electron chi connectivity index (χ0n) is 31.7. The third kappa shape index (κ3) is 6.74. The Hall–Kier alpha value is -7.16. The molecule has 0 amide bonds. The zero-order valence-corrected chi connectivity index (χ0v) is 31.7. The average molecular weight is 719 g/mol. The number of rotatable bonds is 10. The van der Waals surface area contributed by atoms with Crippen molar-refractivity contribution in [2.45, 2.75) is 13.8 Å². The van der Waals surface area contributed by atoms with Crippen LogP contribution in [0.25, 0.3) is 46.6 Å². The largest absolute Gasteiger partial charge is 0.310 e. The fraction of sp³-hybridized carbons (Fsp3) is 0.0370. The fourth-order valence-corrected chi connectivity index (χ4v) is 7.90. The Bertz CT molecular complexity index is 2510. The van der Waals surface area contributed by atoms with Crippen molar-refractivity contribution >= 4 is 58.4 Å². The molecule has 56 heavy (non-hydrogen) atoms. The molecule has 268 valence electrons.